The van der Waals surface area contributed by atoms with Crippen molar-refractivity contribution in [1.29, 1.82) is 0 Å². The molecule has 0 saturated carbocycles. The maximum Gasteiger partial charge on any atom is 0.243 e. The van der Waals surface area contributed by atoms with Crippen molar-refractivity contribution in [1.82, 2.24) is 4.31 Å². The van der Waals surface area contributed by atoms with E-state index in [1.165, 1.54) is 21.3 Å². The Morgan fingerprint density at radius 1 is 1.08 bits per heavy atom. The summed E-state index contributed by atoms with van der Waals surface area (Å²) < 4.78 is 31.7. The molecule has 0 saturated heterocycles. The largest absolute Gasteiger partial charge is 0.497 e. The van der Waals surface area contributed by atoms with Crippen molar-refractivity contribution in [2.75, 3.05) is 32.1 Å². The van der Waals surface area contributed by atoms with Gasteiger partial charge in [-0.15, -0.1) is 0 Å². The molecule has 0 heterocycles. The molecule has 0 N–H and O–H groups in total. The van der Waals surface area contributed by atoms with E-state index in [0.717, 1.165) is 0 Å². The SMILES string of the molecule is CCN(CC(=O)N(C)c1cccc(OC)c1)S(=O)(=O)c1ccccc1. The van der Waals surface area contributed by atoms with Gasteiger partial charge in [0.25, 0.3) is 0 Å². The van der Waals surface area contributed by atoms with Gasteiger partial charge in [-0.25, -0.2) is 8.42 Å². The highest BCUT2D eigenvalue weighted by molar-refractivity contribution is 7.89. The minimum absolute atomic E-state index is 0.175. The molecule has 0 fully saturated rings. The fourth-order valence-corrected chi connectivity index (χ4v) is 3.75. The third-order valence-electron chi connectivity index (χ3n) is 3.86. The maximum atomic E-state index is 12.7. The Kier molecular flexibility index (Phi) is 6.17. The van der Waals surface area contributed by atoms with Crippen LogP contribution in [0.5, 0.6) is 5.75 Å². The summed E-state index contributed by atoms with van der Waals surface area (Å²) in [5.74, 6) is 0.302. The number of hydrogen-bond acceptors (Lipinski definition) is 4. The lowest BCUT2D eigenvalue weighted by Gasteiger charge is -2.24. The number of amides is 1. The van der Waals surface area contributed by atoms with E-state index in [1.807, 2.05) is 0 Å². The van der Waals surface area contributed by atoms with Crippen molar-refractivity contribution in [3.05, 3.63) is 54.6 Å². The van der Waals surface area contributed by atoms with Crippen molar-refractivity contribution < 1.29 is 17.9 Å². The van der Waals surface area contributed by atoms with Crippen molar-refractivity contribution in [2.45, 2.75) is 11.8 Å². The quantitative estimate of drug-likeness (QED) is 0.758. The lowest BCUT2D eigenvalue weighted by atomic mass is 10.2. The van der Waals surface area contributed by atoms with E-state index in [2.05, 4.69) is 0 Å². The average Bonchev–Trinajstić information content (AvgIpc) is 2.65. The summed E-state index contributed by atoms with van der Waals surface area (Å²) in [6.45, 7) is 1.68. The number of methoxy groups -OCH3 is 1. The van der Waals surface area contributed by atoms with Gasteiger partial charge in [0.1, 0.15) is 5.75 Å². The van der Waals surface area contributed by atoms with Gasteiger partial charge in [0, 0.05) is 25.3 Å². The highest BCUT2D eigenvalue weighted by Crippen LogP contribution is 2.21. The Hall–Kier alpha value is -2.38. The van der Waals surface area contributed by atoms with Crippen LogP contribution in [0.25, 0.3) is 0 Å². The number of sulfonamides is 1. The molecule has 2 rings (SSSR count). The molecule has 25 heavy (non-hydrogen) atoms. The predicted molar refractivity (Wildman–Crippen MR) is 97.3 cm³/mol. The Balaban J connectivity index is 2.19. The van der Waals surface area contributed by atoms with E-state index in [4.69, 9.17) is 4.74 Å². The summed E-state index contributed by atoms with van der Waals surface area (Å²) >= 11 is 0. The number of rotatable bonds is 7. The molecule has 0 spiro atoms. The first-order valence-electron chi connectivity index (χ1n) is 7.86. The number of nitrogens with zero attached hydrogens (tertiary/aromatic N) is 2. The number of carbonyl (C=O) groups is 1. The predicted octanol–water partition coefficient (Wildman–Crippen LogP) is 2.37. The van der Waals surface area contributed by atoms with Crippen LogP contribution in [-0.4, -0.2) is 45.9 Å². The first kappa shape index (κ1) is 19.0. The molecule has 0 atom stereocenters. The minimum Gasteiger partial charge on any atom is -0.497 e. The third kappa shape index (κ3) is 4.37. The molecule has 6 nitrogen and oxygen atoms in total. The standard InChI is InChI=1S/C18H22N2O4S/c1-4-20(25(22,23)17-11-6-5-7-12-17)14-18(21)19(2)15-9-8-10-16(13-15)24-3/h5-13H,4,14H2,1-3H3. The van der Waals surface area contributed by atoms with Crippen LogP contribution < -0.4 is 9.64 Å². The summed E-state index contributed by atoms with van der Waals surface area (Å²) in [5, 5.41) is 0. The molecule has 0 aliphatic heterocycles. The zero-order valence-corrected chi connectivity index (χ0v) is 15.4. The summed E-state index contributed by atoms with van der Waals surface area (Å²) in [4.78, 5) is 14.2. The Morgan fingerprint density at radius 3 is 2.36 bits per heavy atom. The minimum atomic E-state index is -3.71. The van der Waals surface area contributed by atoms with Crippen LogP contribution >= 0.6 is 0 Å². The van der Waals surface area contributed by atoms with Crippen LogP contribution in [-0.2, 0) is 14.8 Å². The van der Waals surface area contributed by atoms with Crippen LogP contribution in [0.4, 0.5) is 5.69 Å². The van der Waals surface area contributed by atoms with Gasteiger partial charge in [0.15, 0.2) is 0 Å². The Bertz CT molecular complexity index is 822. The third-order valence-corrected chi connectivity index (χ3v) is 5.80. The highest BCUT2D eigenvalue weighted by Gasteiger charge is 2.26. The van der Waals surface area contributed by atoms with Crippen molar-refractivity contribution in [3.63, 3.8) is 0 Å². The second kappa shape index (κ2) is 8.13. The fourth-order valence-electron chi connectivity index (χ4n) is 2.33. The molecular formula is C18H22N2O4S. The van der Waals surface area contributed by atoms with Crippen LogP contribution in [0.15, 0.2) is 59.5 Å². The smallest absolute Gasteiger partial charge is 0.243 e. The van der Waals surface area contributed by atoms with E-state index in [0.29, 0.717) is 11.4 Å². The topological polar surface area (TPSA) is 66.9 Å². The second-order valence-electron chi connectivity index (χ2n) is 5.40. The molecule has 0 aromatic heterocycles. The maximum absolute atomic E-state index is 12.7. The number of ether oxygens (including phenoxy) is 1. The van der Waals surface area contributed by atoms with Gasteiger partial charge >= 0.3 is 0 Å². The zero-order valence-electron chi connectivity index (χ0n) is 14.5. The average molecular weight is 362 g/mol. The number of likely N-dealkylation sites (N-methyl/N-ethyl adjacent to an activating group) is 2. The number of carbonyl (C=O) groups excluding carboxylic acids is 1. The first-order valence-corrected chi connectivity index (χ1v) is 9.30. The lowest BCUT2D eigenvalue weighted by molar-refractivity contribution is -0.118. The van der Waals surface area contributed by atoms with Gasteiger partial charge in [-0.2, -0.15) is 4.31 Å². The molecule has 0 bridgehead atoms. The fraction of sp³-hybridized carbons (Fsp3) is 0.278. The zero-order chi connectivity index (χ0) is 18.4. The number of hydrogen-bond donors (Lipinski definition) is 0. The van der Waals surface area contributed by atoms with Gasteiger partial charge in [0.05, 0.1) is 18.6 Å². The Labute approximate surface area is 148 Å². The van der Waals surface area contributed by atoms with Gasteiger partial charge in [0.2, 0.25) is 15.9 Å². The normalized spacial score (nSPS) is 11.4. The molecule has 1 amide bonds. The van der Waals surface area contributed by atoms with Crippen LogP contribution in [0.1, 0.15) is 6.92 Å². The summed E-state index contributed by atoms with van der Waals surface area (Å²) in [6.07, 6.45) is 0. The number of benzene rings is 2. The molecule has 0 aliphatic carbocycles. The van der Waals surface area contributed by atoms with Crippen molar-refractivity contribution in [3.8, 4) is 5.75 Å². The highest BCUT2D eigenvalue weighted by atomic mass is 32.2. The van der Waals surface area contributed by atoms with Gasteiger partial charge in [-0.1, -0.05) is 31.2 Å². The molecular weight excluding hydrogens is 340 g/mol. The van der Waals surface area contributed by atoms with E-state index < -0.39 is 10.0 Å². The van der Waals surface area contributed by atoms with E-state index in [-0.39, 0.29) is 23.9 Å². The molecule has 134 valence electrons. The molecule has 0 radical (unpaired) electrons. The second-order valence-corrected chi connectivity index (χ2v) is 7.34. The monoisotopic (exact) mass is 362 g/mol. The molecule has 0 unspecified atom stereocenters. The molecule has 2 aromatic rings. The van der Waals surface area contributed by atoms with Crippen LogP contribution in [0, 0.1) is 0 Å². The van der Waals surface area contributed by atoms with E-state index >= 15 is 0 Å². The van der Waals surface area contributed by atoms with Gasteiger partial charge < -0.3 is 9.64 Å². The van der Waals surface area contributed by atoms with Crippen molar-refractivity contribution in [2.24, 2.45) is 0 Å². The first-order chi connectivity index (χ1) is 11.9. The van der Waals surface area contributed by atoms with E-state index in [9.17, 15) is 13.2 Å². The van der Waals surface area contributed by atoms with Gasteiger partial charge in [-0.3, -0.25) is 4.79 Å². The van der Waals surface area contributed by atoms with Crippen LogP contribution in [0.2, 0.25) is 0 Å². The Morgan fingerprint density at radius 2 is 1.76 bits per heavy atom. The molecule has 2 aromatic carbocycles. The number of anilines is 1. The van der Waals surface area contributed by atoms with E-state index in [1.54, 1.807) is 63.5 Å². The van der Waals surface area contributed by atoms with Crippen LogP contribution in [0.3, 0.4) is 0 Å². The summed E-state index contributed by atoms with van der Waals surface area (Å²) in [6, 6.07) is 15.1. The summed E-state index contributed by atoms with van der Waals surface area (Å²) in [5.41, 5.74) is 0.637. The summed E-state index contributed by atoms with van der Waals surface area (Å²) in [7, 11) is -0.555. The molecule has 0 aliphatic rings. The lowest BCUT2D eigenvalue weighted by Crippen LogP contribution is -2.41. The van der Waals surface area contributed by atoms with Crippen molar-refractivity contribution >= 4 is 21.6 Å². The van der Waals surface area contributed by atoms with Gasteiger partial charge in [-0.05, 0) is 24.3 Å². The molecule has 7 heteroatoms.